The average Bonchev–Trinajstić information content (AvgIpc) is 3.40. The van der Waals surface area contributed by atoms with Crippen LogP contribution in [0.3, 0.4) is 0 Å². The first-order chi connectivity index (χ1) is 14.0. The summed E-state index contributed by atoms with van der Waals surface area (Å²) < 4.78 is 13.0. The van der Waals surface area contributed by atoms with Crippen LogP contribution in [0.5, 0.6) is 5.75 Å². The molecule has 2 heterocycles. The number of aromatic nitrogens is 2. The van der Waals surface area contributed by atoms with Crippen LogP contribution in [0.15, 0.2) is 48.8 Å². The lowest BCUT2D eigenvalue weighted by molar-refractivity contribution is -0.126. The Morgan fingerprint density at radius 1 is 1.28 bits per heavy atom. The lowest BCUT2D eigenvalue weighted by Crippen LogP contribution is -2.31. The first-order valence-electron chi connectivity index (χ1n) is 10.0. The summed E-state index contributed by atoms with van der Waals surface area (Å²) in [5.41, 5.74) is 2.04. The van der Waals surface area contributed by atoms with E-state index in [-0.39, 0.29) is 24.0 Å². The van der Waals surface area contributed by atoms with Gasteiger partial charge < -0.3 is 14.8 Å². The molecule has 1 saturated heterocycles. The number of nitrogens with zero attached hydrogens (tertiary/aromatic N) is 2. The molecule has 152 valence electrons. The van der Waals surface area contributed by atoms with Gasteiger partial charge in [0.25, 0.3) is 0 Å². The van der Waals surface area contributed by atoms with Gasteiger partial charge in [0.1, 0.15) is 5.75 Å². The van der Waals surface area contributed by atoms with Crippen molar-refractivity contribution in [1.82, 2.24) is 15.1 Å². The van der Waals surface area contributed by atoms with Crippen molar-refractivity contribution in [3.63, 3.8) is 0 Å². The highest BCUT2D eigenvalue weighted by Gasteiger charge is 2.36. The van der Waals surface area contributed by atoms with Gasteiger partial charge in [-0.25, -0.2) is 0 Å². The second-order valence-electron chi connectivity index (χ2n) is 7.80. The second-order valence-corrected chi connectivity index (χ2v) is 7.80. The largest absolute Gasteiger partial charge is 0.497 e. The van der Waals surface area contributed by atoms with Crippen LogP contribution in [0, 0.1) is 5.92 Å². The number of rotatable bonds is 6. The van der Waals surface area contributed by atoms with Gasteiger partial charge in [-0.15, -0.1) is 0 Å². The van der Waals surface area contributed by atoms with Crippen molar-refractivity contribution >= 4 is 16.7 Å². The second kappa shape index (κ2) is 8.25. The SMILES string of the molecule is COc1ccc2cc(CNC(=O)[C@H]3CCO[C@@H]3c3cnn(C(C)C)c3)ccc2c1. The van der Waals surface area contributed by atoms with Gasteiger partial charge in [0.2, 0.25) is 5.91 Å². The third-order valence-electron chi connectivity index (χ3n) is 5.49. The molecular formula is C23H27N3O3. The van der Waals surface area contributed by atoms with Gasteiger partial charge in [0.15, 0.2) is 0 Å². The van der Waals surface area contributed by atoms with Gasteiger partial charge >= 0.3 is 0 Å². The smallest absolute Gasteiger partial charge is 0.226 e. The molecule has 1 aliphatic rings. The molecule has 1 fully saturated rings. The fraction of sp³-hybridized carbons (Fsp3) is 0.391. The van der Waals surface area contributed by atoms with Gasteiger partial charge in [-0.3, -0.25) is 9.48 Å². The number of amides is 1. The van der Waals surface area contributed by atoms with E-state index in [1.54, 1.807) is 7.11 Å². The Hall–Kier alpha value is -2.86. The minimum Gasteiger partial charge on any atom is -0.497 e. The van der Waals surface area contributed by atoms with E-state index in [1.807, 2.05) is 41.3 Å². The molecule has 0 radical (unpaired) electrons. The first kappa shape index (κ1) is 19.5. The van der Waals surface area contributed by atoms with Crippen molar-refractivity contribution in [3.05, 3.63) is 59.9 Å². The van der Waals surface area contributed by atoms with Gasteiger partial charge in [-0.05, 0) is 54.8 Å². The van der Waals surface area contributed by atoms with Crippen LogP contribution in [0.2, 0.25) is 0 Å². The van der Waals surface area contributed by atoms with Crippen LogP contribution in [0.25, 0.3) is 10.8 Å². The van der Waals surface area contributed by atoms with Crippen LogP contribution < -0.4 is 10.1 Å². The van der Waals surface area contributed by atoms with Gasteiger partial charge in [0, 0.05) is 31.0 Å². The molecule has 1 aromatic heterocycles. The van der Waals surface area contributed by atoms with Crippen LogP contribution in [0.1, 0.15) is 43.5 Å². The molecule has 0 saturated carbocycles. The number of nitrogens with one attached hydrogen (secondary N) is 1. The van der Waals surface area contributed by atoms with E-state index in [2.05, 4.69) is 36.4 Å². The molecule has 3 aromatic rings. The number of benzene rings is 2. The van der Waals surface area contributed by atoms with Crippen molar-refractivity contribution in [2.45, 2.75) is 39.0 Å². The maximum atomic E-state index is 12.9. The van der Waals surface area contributed by atoms with E-state index < -0.39 is 0 Å². The highest BCUT2D eigenvalue weighted by Crippen LogP contribution is 2.35. The van der Waals surface area contributed by atoms with Gasteiger partial charge in [-0.1, -0.05) is 18.2 Å². The Balaban J connectivity index is 1.42. The number of hydrogen-bond acceptors (Lipinski definition) is 4. The molecular weight excluding hydrogens is 366 g/mol. The molecule has 1 N–H and O–H groups in total. The van der Waals surface area contributed by atoms with Crippen molar-refractivity contribution < 1.29 is 14.3 Å². The molecule has 0 unspecified atom stereocenters. The number of carbonyl (C=O) groups excluding carboxylic acids is 1. The summed E-state index contributed by atoms with van der Waals surface area (Å²) in [5, 5.41) is 9.71. The molecule has 0 bridgehead atoms. The lowest BCUT2D eigenvalue weighted by atomic mass is 9.96. The van der Waals surface area contributed by atoms with Crippen molar-refractivity contribution in [2.24, 2.45) is 5.92 Å². The fourth-order valence-corrected chi connectivity index (χ4v) is 3.80. The highest BCUT2D eigenvalue weighted by molar-refractivity contribution is 5.85. The summed E-state index contributed by atoms with van der Waals surface area (Å²) >= 11 is 0. The molecule has 4 rings (SSSR count). The normalized spacial score (nSPS) is 19.0. The topological polar surface area (TPSA) is 65.4 Å². The molecule has 1 amide bonds. The minimum absolute atomic E-state index is 0.0274. The Morgan fingerprint density at radius 2 is 2.07 bits per heavy atom. The first-order valence-corrected chi connectivity index (χ1v) is 10.0. The summed E-state index contributed by atoms with van der Waals surface area (Å²) in [6, 6.07) is 12.5. The lowest BCUT2D eigenvalue weighted by Gasteiger charge is -2.17. The van der Waals surface area contributed by atoms with Crippen molar-refractivity contribution in [2.75, 3.05) is 13.7 Å². The van der Waals surface area contributed by atoms with E-state index in [0.29, 0.717) is 13.2 Å². The molecule has 0 aliphatic carbocycles. The molecule has 0 spiro atoms. The quantitative estimate of drug-likeness (QED) is 0.687. The van der Waals surface area contributed by atoms with Crippen LogP contribution in [-0.2, 0) is 16.1 Å². The average molecular weight is 393 g/mol. The fourth-order valence-electron chi connectivity index (χ4n) is 3.80. The number of fused-ring (bicyclic) bond motifs is 1. The standard InChI is InChI=1S/C23H27N3O3/c1-15(2)26-14-19(13-25-26)22-21(8-9-29-22)23(27)24-12-16-4-5-18-11-20(28-3)7-6-17(18)10-16/h4-7,10-11,13-15,21-22H,8-9,12H2,1-3H3,(H,24,27)/t21-,22+/m0/s1. The number of methoxy groups -OCH3 is 1. The molecule has 2 atom stereocenters. The summed E-state index contributed by atoms with van der Waals surface area (Å²) in [7, 11) is 1.67. The molecule has 2 aromatic carbocycles. The Kier molecular flexibility index (Phi) is 5.53. The van der Waals surface area contributed by atoms with E-state index >= 15 is 0 Å². The third kappa shape index (κ3) is 4.12. The van der Waals surface area contributed by atoms with E-state index in [4.69, 9.17) is 9.47 Å². The van der Waals surface area contributed by atoms with Crippen LogP contribution in [0.4, 0.5) is 0 Å². The summed E-state index contributed by atoms with van der Waals surface area (Å²) in [4.78, 5) is 12.9. The van der Waals surface area contributed by atoms with E-state index in [9.17, 15) is 4.79 Å². The number of hydrogen-bond donors (Lipinski definition) is 1. The predicted octanol–water partition coefficient (Wildman–Crippen LogP) is 4.02. The summed E-state index contributed by atoms with van der Waals surface area (Å²) in [6.07, 6.45) is 4.29. The zero-order valence-corrected chi connectivity index (χ0v) is 17.1. The Labute approximate surface area is 170 Å². The Bertz CT molecular complexity index is 1010. The maximum Gasteiger partial charge on any atom is 0.226 e. The van der Waals surface area contributed by atoms with E-state index in [0.717, 1.165) is 34.1 Å². The number of ether oxygens (including phenoxy) is 2. The molecule has 6 heteroatoms. The third-order valence-corrected chi connectivity index (χ3v) is 5.49. The highest BCUT2D eigenvalue weighted by atomic mass is 16.5. The maximum absolute atomic E-state index is 12.9. The predicted molar refractivity (Wildman–Crippen MR) is 112 cm³/mol. The minimum atomic E-state index is -0.230. The summed E-state index contributed by atoms with van der Waals surface area (Å²) in [6.45, 7) is 5.24. The molecule has 6 nitrogen and oxygen atoms in total. The van der Waals surface area contributed by atoms with Gasteiger partial charge in [-0.2, -0.15) is 5.10 Å². The van der Waals surface area contributed by atoms with Gasteiger partial charge in [0.05, 0.1) is 25.3 Å². The monoisotopic (exact) mass is 393 g/mol. The van der Waals surface area contributed by atoms with Crippen LogP contribution in [-0.4, -0.2) is 29.4 Å². The summed E-state index contributed by atoms with van der Waals surface area (Å²) in [5.74, 6) is 0.677. The zero-order chi connectivity index (χ0) is 20.4. The van der Waals surface area contributed by atoms with E-state index in [1.165, 1.54) is 0 Å². The van der Waals surface area contributed by atoms with Crippen LogP contribution >= 0.6 is 0 Å². The zero-order valence-electron chi connectivity index (χ0n) is 17.1. The van der Waals surface area contributed by atoms with Crippen molar-refractivity contribution in [1.29, 1.82) is 0 Å². The molecule has 29 heavy (non-hydrogen) atoms. The van der Waals surface area contributed by atoms with Crippen molar-refractivity contribution in [3.8, 4) is 5.75 Å². The Morgan fingerprint density at radius 3 is 2.83 bits per heavy atom. The molecule has 1 aliphatic heterocycles. The number of carbonyl (C=O) groups is 1.